The first-order valence-corrected chi connectivity index (χ1v) is 9.79. The predicted molar refractivity (Wildman–Crippen MR) is 103 cm³/mol. The summed E-state index contributed by atoms with van der Waals surface area (Å²) >= 11 is 2.21. The molecule has 3 unspecified atom stereocenters. The number of fused-ring (bicyclic) bond motifs is 1. The Morgan fingerprint density at radius 3 is 2.87 bits per heavy atom. The van der Waals surface area contributed by atoms with Crippen LogP contribution in [-0.4, -0.2) is 31.7 Å². The number of hydrogen-bond donors (Lipinski definition) is 1. The summed E-state index contributed by atoms with van der Waals surface area (Å²) in [5, 5.41) is 4.31. The van der Waals surface area contributed by atoms with Crippen molar-refractivity contribution in [2.24, 2.45) is 5.92 Å². The smallest absolute Gasteiger partial charge is 0.119 e. The van der Waals surface area contributed by atoms with Crippen LogP contribution < -0.4 is 10.1 Å². The van der Waals surface area contributed by atoms with Gasteiger partial charge < -0.3 is 10.1 Å². The van der Waals surface area contributed by atoms with Gasteiger partial charge in [-0.1, -0.05) is 6.07 Å². The molecule has 3 atom stereocenters. The second-order valence-electron chi connectivity index (χ2n) is 6.76. The molecule has 2 aliphatic rings. The second kappa shape index (κ2) is 9.19. The normalized spacial score (nSPS) is 24.6. The highest BCUT2D eigenvalue weighted by atomic mass is 35.5. The van der Waals surface area contributed by atoms with E-state index in [2.05, 4.69) is 42.3 Å². The van der Waals surface area contributed by atoms with Gasteiger partial charge in [-0.05, 0) is 93.0 Å². The lowest BCUT2D eigenvalue weighted by atomic mass is 9.77. The number of ether oxygens (including phenoxy) is 1. The van der Waals surface area contributed by atoms with E-state index in [0.717, 1.165) is 22.8 Å². The van der Waals surface area contributed by atoms with Gasteiger partial charge in [0.2, 0.25) is 0 Å². The van der Waals surface area contributed by atoms with Crippen molar-refractivity contribution in [3.05, 3.63) is 29.3 Å². The first kappa shape index (κ1) is 19.0. The number of benzene rings is 1. The molecule has 0 saturated carbocycles. The third-order valence-electron chi connectivity index (χ3n) is 5.33. The van der Waals surface area contributed by atoms with Gasteiger partial charge in [0, 0.05) is 5.25 Å². The van der Waals surface area contributed by atoms with Crippen molar-refractivity contribution >= 4 is 24.2 Å². The molecule has 3 rings (SSSR count). The molecule has 0 aromatic heterocycles. The van der Waals surface area contributed by atoms with Crippen molar-refractivity contribution in [3.63, 3.8) is 0 Å². The largest absolute Gasteiger partial charge is 0.497 e. The van der Waals surface area contributed by atoms with Crippen LogP contribution >= 0.6 is 24.2 Å². The van der Waals surface area contributed by atoms with Gasteiger partial charge in [0.1, 0.15) is 5.75 Å². The van der Waals surface area contributed by atoms with E-state index in [4.69, 9.17) is 4.74 Å². The standard InChI is InChI=1S/C19H29NOS.ClH/c1-20-13-16(19-7-4-10-22-19)11-14-5-3-6-15-12-17(21-2)8-9-18(14)15;/h8-9,12,14,16,19-20H,3-7,10-11,13H2,1-2H3;1H. The average Bonchev–Trinajstić information content (AvgIpc) is 3.08. The quantitative estimate of drug-likeness (QED) is 0.802. The van der Waals surface area contributed by atoms with Crippen LogP contribution in [0.2, 0.25) is 0 Å². The van der Waals surface area contributed by atoms with Gasteiger partial charge in [-0.3, -0.25) is 0 Å². The Kier molecular flexibility index (Phi) is 7.58. The van der Waals surface area contributed by atoms with E-state index in [0.29, 0.717) is 0 Å². The van der Waals surface area contributed by atoms with Gasteiger partial charge in [0.25, 0.3) is 0 Å². The van der Waals surface area contributed by atoms with Gasteiger partial charge >= 0.3 is 0 Å². The average molecular weight is 356 g/mol. The molecule has 0 bridgehead atoms. The molecule has 1 aliphatic heterocycles. The van der Waals surface area contributed by atoms with Gasteiger partial charge in [-0.25, -0.2) is 0 Å². The van der Waals surface area contributed by atoms with E-state index in [1.54, 1.807) is 12.7 Å². The summed E-state index contributed by atoms with van der Waals surface area (Å²) in [5.74, 6) is 3.94. The summed E-state index contributed by atoms with van der Waals surface area (Å²) in [5.41, 5.74) is 3.12. The number of halogens is 1. The molecule has 1 aromatic rings. The molecule has 2 nitrogen and oxygen atoms in total. The summed E-state index contributed by atoms with van der Waals surface area (Å²) in [6, 6.07) is 6.74. The number of nitrogens with one attached hydrogen (secondary N) is 1. The monoisotopic (exact) mass is 355 g/mol. The minimum Gasteiger partial charge on any atom is -0.497 e. The molecule has 1 N–H and O–H groups in total. The van der Waals surface area contributed by atoms with Crippen LogP contribution in [0.5, 0.6) is 5.75 Å². The Hall–Kier alpha value is -0.380. The van der Waals surface area contributed by atoms with E-state index in [9.17, 15) is 0 Å². The zero-order chi connectivity index (χ0) is 15.4. The summed E-state index contributed by atoms with van der Waals surface area (Å²) in [4.78, 5) is 0. The van der Waals surface area contributed by atoms with E-state index in [1.807, 2.05) is 0 Å². The molecule has 1 saturated heterocycles. The lowest BCUT2D eigenvalue weighted by molar-refractivity contribution is 0.375. The van der Waals surface area contributed by atoms with Crippen molar-refractivity contribution < 1.29 is 4.74 Å². The number of hydrogen-bond acceptors (Lipinski definition) is 3. The molecule has 130 valence electrons. The third-order valence-corrected chi connectivity index (χ3v) is 6.91. The molecule has 1 heterocycles. The lowest BCUT2D eigenvalue weighted by Crippen LogP contribution is -2.29. The van der Waals surface area contributed by atoms with E-state index < -0.39 is 0 Å². The molecule has 1 aromatic carbocycles. The molecule has 4 heteroatoms. The van der Waals surface area contributed by atoms with Gasteiger partial charge in [-0.2, -0.15) is 11.8 Å². The Labute approximate surface area is 151 Å². The molecule has 0 spiro atoms. The van der Waals surface area contributed by atoms with Crippen molar-refractivity contribution in [2.75, 3.05) is 26.5 Å². The van der Waals surface area contributed by atoms with Crippen LogP contribution in [0.1, 0.15) is 49.1 Å². The highest BCUT2D eigenvalue weighted by molar-refractivity contribution is 8.00. The highest BCUT2D eigenvalue weighted by Gasteiger charge is 2.30. The van der Waals surface area contributed by atoms with Crippen molar-refractivity contribution in [2.45, 2.75) is 49.7 Å². The van der Waals surface area contributed by atoms with Gasteiger partial charge in [-0.15, -0.1) is 12.4 Å². The highest BCUT2D eigenvalue weighted by Crippen LogP contribution is 2.41. The fourth-order valence-electron chi connectivity index (χ4n) is 4.23. The number of rotatable bonds is 6. The Balaban J connectivity index is 0.00000192. The van der Waals surface area contributed by atoms with Crippen LogP contribution in [-0.2, 0) is 6.42 Å². The zero-order valence-electron chi connectivity index (χ0n) is 14.3. The molecule has 1 aliphatic carbocycles. The predicted octanol–water partition coefficient (Wildman–Crippen LogP) is 4.66. The number of methoxy groups -OCH3 is 1. The third kappa shape index (κ3) is 4.58. The Bertz CT molecular complexity index is 490. The number of thioether (sulfide) groups is 1. The van der Waals surface area contributed by atoms with Gasteiger partial charge in [0.05, 0.1) is 7.11 Å². The maximum atomic E-state index is 5.40. The number of aryl methyl sites for hydroxylation is 1. The van der Waals surface area contributed by atoms with Crippen LogP contribution in [0.25, 0.3) is 0 Å². The van der Waals surface area contributed by atoms with Crippen molar-refractivity contribution in [1.82, 2.24) is 5.32 Å². The Morgan fingerprint density at radius 1 is 1.30 bits per heavy atom. The van der Waals surface area contributed by atoms with Crippen LogP contribution in [0.15, 0.2) is 18.2 Å². The fraction of sp³-hybridized carbons (Fsp3) is 0.684. The van der Waals surface area contributed by atoms with E-state index in [-0.39, 0.29) is 12.4 Å². The molecular formula is C19H30ClNOS. The summed E-state index contributed by atoms with van der Waals surface area (Å²) in [6.07, 6.45) is 8.08. The van der Waals surface area contributed by atoms with Crippen molar-refractivity contribution in [3.8, 4) is 5.75 Å². The van der Waals surface area contributed by atoms with Crippen LogP contribution in [0, 0.1) is 5.92 Å². The first-order valence-electron chi connectivity index (χ1n) is 8.75. The minimum absolute atomic E-state index is 0. The summed E-state index contributed by atoms with van der Waals surface area (Å²) < 4.78 is 5.40. The SMILES string of the molecule is CNCC(CC1CCCc2cc(OC)ccc21)C1CCCS1.Cl. The fourth-order valence-corrected chi connectivity index (χ4v) is 5.68. The maximum absolute atomic E-state index is 5.40. The summed E-state index contributed by atoms with van der Waals surface area (Å²) in [7, 11) is 3.87. The van der Waals surface area contributed by atoms with Crippen molar-refractivity contribution in [1.29, 1.82) is 0 Å². The lowest BCUT2D eigenvalue weighted by Gasteiger charge is -2.31. The second-order valence-corrected chi connectivity index (χ2v) is 8.11. The topological polar surface area (TPSA) is 21.3 Å². The minimum atomic E-state index is 0. The van der Waals surface area contributed by atoms with Crippen LogP contribution in [0.3, 0.4) is 0 Å². The van der Waals surface area contributed by atoms with Gasteiger partial charge in [0.15, 0.2) is 0 Å². The van der Waals surface area contributed by atoms with E-state index >= 15 is 0 Å². The molecule has 1 fully saturated rings. The van der Waals surface area contributed by atoms with E-state index in [1.165, 1.54) is 56.4 Å². The molecule has 0 amide bonds. The molecular weight excluding hydrogens is 326 g/mol. The Morgan fingerprint density at radius 2 is 2.17 bits per heavy atom. The van der Waals surface area contributed by atoms with Crippen LogP contribution in [0.4, 0.5) is 0 Å². The maximum Gasteiger partial charge on any atom is 0.119 e. The first-order chi connectivity index (χ1) is 10.8. The molecule has 23 heavy (non-hydrogen) atoms. The zero-order valence-corrected chi connectivity index (χ0v) is 16.0. The summed E-state index contributed by atoms with van der Waals surface area (Å²) in [6.45, 7) is 1.17. The molecule has 0 radical (unpaired) electrons.